The van der Waals surface area contributed by atoms with Crippen LogP contribution in [0.3, 0.4) is 0 Å². The highest BCUT2D eigenvalue weighted by molar-refractivity contribution is 6.28. The molecule has 1 heterocycles. The maximum atomic E-state index is 12.5. The van der Waals surface area contributed by atoms with Crippen LogP contribution in [0.1, 0.15) is 12.1 Å². The van der Waals surface area contributed by atoms with Gasteiger partial charge in [-0.3, -0.25) is 0 Å². The van der Waals surface area contributed by atoms with Gasteiger partial charge in [0.25, 0.3) is 0 Å². The second-order valence-corrected chi connectivity index (χ2v) is 4.00. The SMILES string of the molecule is COCCOCCCOc1cc(C(F)(F)F)nc(Cl)n1. The molecular formula is C11H14ClF3N2O3. The second kappa shape index (κ2) is 8.23. The van der Waals surface area contributed by atoms with Gasteiger partial charge in [0.2, 0.25) is 11.2 Å². The summed E-state index contributed by atoms with van der Waals surface area (Å²) in [6.07, 6.45) is -4.08. The maximum absolute atomic E-state index is 12.5. The number of alkyl halides is 3. The lowest BCUT2D eigenvalue weighted by atomic mass is 10.4. The fraction of sp³-hybridized carbons (Fsp3) is 0.636. The molecule has 0 aliphatic heterocycles. The summed E-state index contributed by atoms with van der Waals surface area (Å²) in [6, 6.07) is 0.706. The number of hydrogen-bond donors (Lipinski definition) is 0. The molecule has 1 aromatic heterocycles. The van der Waals surface area contributed by atoms with Crippen molar-refractivity contribution in [3.63, 3.8) is 0 Å². The Labute approximate surface area is 119 Å². The zero-order valence-electron chi connectivity index (χ0n) is 10.7. The first-order valence-corrected chi connectivity index (χ1v) is 6.12. The van der Waals surface area contributed by atoms with E-state index < -0.39 is 17.2 Å². The van der Waals surface area contributed by atoms with Gasteiger partial charge in [-0.15, -0.1) is 0 Å². The van der Waals surface area contributed by atoms with Crippen LogP contribution in [-0.2, 0) is 15.7 Å². The molecule has 0 fully saturated rings. The summed E-state index contributed by atoms with van der Waals surface area (Å²) in [5.74, 6) is -0.214. The van der Waals surface area contributed by atoms with Crippen molar-refractivity contribution in [2.24, 2.45) is 0 Å². The second-order valence-electron chi connectivity index (χ2n) is 3.67. The standard InChI is InChI=1S/C11H14ClF3N2O3/c1-18-5-6-19-3-2-4-20-9-7-8(11(13,14)15)16-10(12)17-9/h7H,2-6H2,1H3. The molecule has 0 radical (unpaired) electrons. The Morgan fingerprint density at radius 2 is 1.90 bits per heavy atom. The number of aromatic nitrogens is 2. The largest absolute Gasteiger partial charge is 0.477 e. The zero-order chi connectivity index (χ0) is 15.0. The molecule has 20 heavy (non-hydrogen) atoms. The van der Waals surface area contributed by atoms with Gasteiger partial charge in [0.15, 0.2) is 5.69 Å². The van der Waals surface area contributed by atoms with Crippen LogP contribution in [0.4, 0.5) is 13.2 Å². The molecule has 0 saturated heterocycles. The van der Waals surface area contributed by atoms with Crippen molar-refractivity contribution in [3.8, 4) is 5.88 Å². The van der Waals surface area contributed by atoms with Crippen molar-refractivity contribution in [3.05, 3.63) is 17.0 Å². The summed E-state index contributed by atoms with van der Waals surface area (Å²) >= 11 is 5.41. The molecule has 0 bridgehead atoms. The van der Waals surface area contributed by atoms with E-state index in [1.807, 2.05) is 0 Å². The third kappa shape index (κ3) is 6.36. The molecule has 9 heteroatoms. The third-order valence-corrected chi connectivity index (χ3v) is 2.25. The normalized spacial score (nSPS) is 11.7. The Morgan fingerprint density at radius 3 is 2.55 bits per heavy atom. The van der Waals surface area contributed by atoms with Crippen molar-refractivity contribution >= 4 is 11.6 Å². The third-order valence-electron chi connectivity index (χ3n) is 2.08. The van der Waals surface area contributed by atoms with E-state index >= 15 is 0 Å². The van der Waals surface area contributed by atoms with Crippen LogP contribution in [0.5, 0.6) is 5.88 Å². The number of methoxy groups -OCH3 is 1. The molecule has 0 aromatic carbocycles. The number of nitrogens with zero attached hydrogens (tertiary/aromatic N) is 2. The number of rotatable bonds is 8. The van der Waals surface area contributed by atoms with E-state index in [1.165, 1.54) is 0 Å². The summed E-state index contributed by atoms with van der Waals surface area (Å²) in [5, 5.41) is -0.508. The molecule has 0 atom stereocenters. The van der Waals surface area contributed by atoms with E-state index in [1.54, 1.807) is 7.11 Å². The molecule has 0 amide bonds. The summed E-state index contributed by atoms with van der Waals surface area (Å²) in [4.78, 5) is 6.66. The lowest BCUT2D eigenvalue weighted by Gasteiger charge is -2.09. The topological polar surface area (TPSA) is 53.5 Å². The van der Waals surface area contributed by atoms with Gasteiger partial charge in [-0.2, -0.15) is 18.2 Å². The molecule has 0 unspecified atom stereocenters. The van der Waals surface area contributed by atoms with Gasteiger partial charge >= 0.3 is 6.18 Å². The summed E-state index contributed by atoms with van der Waals surface area (Å²) in [6.45, 7) is 1.51. The Kier molecular flexibility index (Phi) is 6.97. The van der Waals surface area contributed by atoms with E-state index in [4.69, 9.17) is 25.8 Å². The van der Waals surface area contributed by atoms with E-state index in [9.17, 15) is 13.2 Å². The maximum Gasteiger partial charge on any atom is 0.433 e. The predicted octanol–water partition coefficient (Wildman–Crippen LogP) is 2.58. The van der Waals surface area contributed by atoms with Gasteiger partial charge in [-0.1, -0.05) is 0 Å². The highest BCUT2D eigenvalue weighted by Gasteiger charge is 2.33. The molecule has 1 rings (SSSR count). The minimum absolute atomic E-state index is 0.164. The van der Waals surface area contributed by atoms with Crippen LogP contribution in [0.15, 0.2) is 6.07 Å². The van der Waals surface area contributed by atoms with E-state index in [0.717, 1.165) is 0 Å². The van der Waals surface area contributed by atoms with Gasteiger partial charge < -0.3 is 14.2 Å². The molecule has 5 nitrogen and oxygen atoms in total. The summed E-state index contributed by atoms with van der Waals surface area (Å²) in [5.41, 5.74) is -1.14. The van der Waals surface area contributed by atoms with Crippen molar-refractivity contribution in [2.75, 3.05) is 33.5 Å². The highest BCUT2D eigenvalue weighted by atomic mass is 35.5. The summed E-state index contributed by atoms with van der Waals surface area (Å²) < 4.78 is 52.5. The Morgan fingerprint density at radius 1 is 1.15 bits per heavy atom. The lowest BCUT2D eigenvalue weighted by molar-refractivity contribution is -0.141. The Bertz CT molecular complexity index is 418. The first kappa shape index (κ1) is 16.9. The monoisotopic (exact) mass is 314 g/mol. The molecular weight excluding hydrogens is 301 g/mol. The Balaban J connectivity index is 2.39. The van der Waals surface area contributed by atoms with Crippen molar-refractivity contribution in [1.29, 1.82) is 0 Å². The lowest BCUT2D eigenvalue weighted by Crippen LogP contribution is -2.11. The van der Waals surface area contributed by atoms with Crippen LogP contribution >= 0.6 is 11.6 Å². The fourth-order valence-corrected chi connectivity index (χ4v) is 1.37. The minimum Gasteiger partial charge on any atom is -0.477 e. The van der Waals surface area contributed by atoms with Crippen LogP contribution in [0.25, 0.3) is 0 Å². The zero-order valence-corrected chi connectivity index (χ0v) is 11.5. The van der Waals surface area contributed by atoms with Crippen LogP contribution in [0, 0.1) is 0 Å². The number of ether oxygens (including phenoxy) is 3. The average molecular weight is 315 g/mol. The van der Waals surface area contributed by atoms with Gasteiger partial charge in [0.1, 0.15) is 0 Å². The molecule has 114 valence electrons. The van der Waals surface area contributed by atoms with E-state index in [2.05, 4.69) is 9.97 Å². The predicted molar refractivity (Wildman–Crippen MR) is 64.9 cm³/mol. The molecule has 0 saturated carbocycles. The van der Waals surface area contributed by atoms with Crippen molar-refractivity contribution in [1.82, 2.24) is 9.97 Å². The van der Waals surface area contributed by atoms with E-state index in [0.29, 0.717) is 32.3 Å². The molecule has 0 aliphatic rings. The molecule has 0 aliphatic carbocycles. The van der Waals surface area contributed by atoms with Gasteiger partial charge in [0.05, 0.1) is 19.8 Å². The molecule has 1 aromatic rings. The molecule has 0 spiro atoms. The number of halogens is 4. The quantitative estimate of drug-likeness (QED) is 0.545. The fourth-order valence-electron chi connectivity index (χ4n) is 1.20. The van der Waals surface area contributed by atoms with Gasteiger partial charge in [0, 0.05) is 26.2 Å². The first-order chi connectivity index (χ1) is 9.43. The van der Waals surface area contributed by atoms with Crippen LogP contribution in [0.2, 0.25) is 5.28 Å². The van der Waals surface area contributed by atoms with Crippen LogP contribution in [-0.4, -0.2) is 43.5 Å². The molecule has 0 N–H and O–H groups in total. The van der Waals surface area contributed by atoms with Gasteiger partial charge in [-0.05, 0) is 11.6 Å². The average Bonchev–Trinajstić information content (AvgIpc) is 2.36. The minimum atomic E-state index is -4.59. The first-order valence-electron chi connectivity index (χ1n) is 5.74. The van der Waals surface area contributed by atoms with Crippen molar-refractivity contribution < 1.29 is 27.4 Å². The van der Waals surface area contributed by atoms with Gasteiger partial charge in [-0.25, -0.2) is 4.98 Å². The Hall–Kier alpha value is -1.12. The summed E-state index contributed by atoms with van der Waals surface area (Å²) in [7, 11) is 1.56. The highest BCUT2D eigenvalue weighted by Crippen LogP contribution is 2.30. The number of hydrogen-bond acceptors (Lipinski definition) is 5. The smallest absolute Gasteiger partial charge is 0.433 e. The van der Waals surface area contributed by atoms with Crippen LogP contribution < -0.4 is 4.74 Å². The van der Waals surface area contributed by atoms with E-state index in [-0.39, 0.29) is 12.5 Å². The van der Waals surface area contributed by atoms with Crippen molar-refractivity contribution in [2.45, 2.75) is 12.6 Å².